The molecule has 18 heavy (non-hydrogen) atoms. The lowest BCUT2D eigenvalue weighted by molar-refractivity contribution is 0.306. The van der Waals surface area contributed by atoms with Crippen molar-refractivity contribution >= 4 is 50.7 Å². The Morgan fingerprint density at radius 1 is 0.944 bits per heavy atom. The maximum absolute atomic E-state index is 6.06. The first kappa shape index (κ1) is 14.0. The van der Waals surface area contributed by atoms with E-state index < -0.39 is 0 Å². The topological polar surface area (TPSA) is 9.23 Å². The van der Waals surface area contributed by atoms with E-state index in [9.17, 15) is 0 Å². The molecule has 0 unspecified atom stereocenters. The molecule has 0 aromatic heterocycles. The molecule has 0 spiro atoms. The highest BCUT2D eigenvalue weighted by Crippen LogP contribution is 2.31. The van der Waals surface area contributed by atoms with E-state index >= 15 is 0 Å². The van der Waals surface area contributed by atoms with Crippen molar-refractivity contribution in [3.05, 3.63) is 61.5 Å². The van der Waals surface area contributed by atoms with E-state index in [0.29, 0.717) is 20.8 Å². The Bertz CT molecular complexity index is 552. The fourth-order valence-electron chi connectivity index (χ4n) is 1.41. The van der Waals surface area contributed by atoms with E-state index in [4.69, 9.17) is 39.5 Å². The molecule has 2 aromatic carbocycles. The van der Waals surface area contributed by atoms with Gasteiger partial charge in [-0.05, 0) is 30.3 Å². The van der Waals surface area contributed by atoms with Crippen LogP contribution in [0.25, 0.3) is 0 Å². The minimum absolute atomic E-state index is 0.272. The fourth-order valence-corrected chi connectivity index (χ4v) is 2.43. The zero-order chi connectivity index (χ0) is 13.1. The van der Waals surface area contributed by atoms with Gasteiger partial charge in [0.2, 0.25) is 0 Å². The van der Waals surface area contributed by atoms with E-state index in [-0.39, 0.29) is 6.61 Å². The lowest BCUT2D eigenvalue weighted by atomic mass is 10.2. The third kappa shape index (κ3) is 3.33. The van der Waals surface area contributed by atoms with E-state index in [0.717, 1.165) is 10.0 Å². The van der Waals surface area contributed by atoms with Gasteiger partial charge in [0.25, 0.3) is 0 Å². The molecular weight excluding hydrogens is 358 g/mol. The van der Waals surface area contributed by atoms with Crippen molar-refractivity contribution in [2.45, 2.75) is 6.61 Å². The smallest absolute Gasteiger partial charge is 0.139 e. The van der Waals surface area contributed by atoms with Gasteiger partial charge in [0.05, 0.1) is 5.02 Å². The zero-order valence-corrected chi connectivity index (χ0v) is 12.9. The average molecular weight is 366 g/mol. The summed E-state index contributed by atoms with van der Waals surface area (Å²) in [6.45, 7) is 0.272. The number of rotatable bonds is 3. The highest BCUT2D eigenvalue weighted by atomic mass is 79.9. The summed E-state index contributed by atoms with van der Waals surface area (Å²) in [5.41, 5.74) is 0.747. The molecule has 0 N–H and O–H groups in total. The molecule has 0 radical (unpaired) electrons. The molecule has 0 fully saturated rings. The summed E-state index contributed by atoms with van der Waals surface area (Å²) < 4.78 is 6.53. The van der Waals surface area contributed by atoms with Gasteiger partial charge in [-0.3, -0.25) is 0 Å². The molecule has 0 saturated heterocycles. The van der Waals surface area contributed by atoms with Crippen molar-refractivity contribution in [2.24, 2.45) is 0 Å². The second kappa shape index (κ2) is 6.16. The Balaban J connectivity index is 2.19. The molecule has 0 amide bonds. The quantitative estimate of drug-likeness (QED) is 0.648. The van der Waals surface area contributed by atoms with Crippen molar-refractivity contribution in [3.63, 3.8) is 0 Å². The van der Waals surface area contributed by atoms with Crippen LogP contribution >= 0.6 is 50.7 Å². The highest BCUT2D eigenvalue weighted by molar-refractivity contribution is 9.10. The van der Waals surface area contributed by atoms with Crippen LogP contribution in [-0.4, -0.2) is 0 Å². The van der Waals surface area contributed by atoms with Crippen LogP contribution in [0.1, 0.15) is 5.56 Å². The van der Waals surface area contributed by atoms with Gasteiger partial charge in [-0.25, -0.2) is 0 Å². The van der Waals surface area contributed by atoms with Gasteiger partial charge in [0.15, 0.2) is 0 Å². The van der Waals surface area contributed by atoms with Crippen molar-refractivity contribution < 1.29 is 4.74 Å². The average Bonchev–Trinajstić information content (AvgIpc) is 2.33. The Labute approximate surface area is 129 Å². The summed E-state index contributed by atoms with van der Waals surface area (Å²) in [5.74, 6) is 0.585. The number of benzene rings is 2. The van der Waals surface area contributed by atoms with Crippen LogP contribution in [0.15, 0.2) is 40.9 Å². The van der Waals surface area contributed by atoms with Crippen LogP contribution in [-0.2, 0) is 6.61 Å². The van der Waals surface area contributed by atoms with E-state index in [2.05, 4.69) is 15.9 Å². The number of ether oxygens (including phenoxy) is 1. The normalized spacial score (nSPS) is 10.4. The summed E-state index contributed by atoms with van der Waals surface area (Å²) >= 11 is 21.5. The van der Waals surface area contributed by atoms with Crippen molar-refractivity contribution in [3.8, 4) is 5.75 Å². The molecule has 1 nitrogen and oxygen atoms in total. The van der Waals surface area contributed by atoms with E-state index in [1.807, 2.05) is 6.07 Å². The molecule has 0 saturated carbocycles. The Morgan fingerprint density at radius 2 is 1.61 bits per heavy atom. The minimum atomic E-state index is 0.272. The Hall–Kier alpha value is -0.410. The molecule has 5 heteroatoms. The monoisotopic (exact) mass is 364 g/mol. The molecular formula is C13H8BrCl3O. The summed E-state index contributed by atoms with van der Waals surface area (Å²) in [5, 5.41) is 1.70. The van der Waals surface area contributed by atoms with Gasteiger partial charge in [0.1, 0.15) is 12.4 Å². The molecule has 0 heterocycles. The van der Waals surface area contributed by atoms with Crippen LogP contribution in [0.5, 0.6) is 5.75 Å². The van der Waals surface area contributed by atoms with Gasteiger partial charge in [-0.2, -0.15) is 0 Å². The predicted octanol–water partition coefficient (Wildman–Crippen LogP) is 5.99. The lowest BCUT2D eigenvalue weighted by Crippen LogP contribution is -1.97. The second-order valence-corrected chi connectivity index (χ2v) is 5.70. The molecule has 94 valence electrons. The van der Waals surface area contributed by atoms with Crippen molar-refractivity contribution in [2.75, 3.05) is 0 Å². The maximum atomic E-state index is 6.06. The standard InChI is InChI=1S/C13H8BrCl3O/c14-8-4-5-12(17)13(6-8)18-7-9-10(15)2-1-3-11(9)16/h1-6H,7H2. The fraction of sp³-hybridized carbons (Fsp3) is 0.0769. The molecule has 2 rings (SSSR count). The van der Waals surface area contributed by atoms with Gasteiger partial charge in [0, 0.05) is 20.1 Å². The van der Waals surface area contributed by atoms with Crippen LogP contribution in [0, 0.1) is 0 Å². The zero-order valence-electron chi connectivity index (χ0n) is 9.09. The third-order valence-corrected chi connectivity index (χ3v) is 3.84. The minimum Gasteiger partial charge on any atom is -0.487 e. The largest absolute Gasteiger partial charge is 0.487 e. The molecule has 0 atom stereocenters. The second-order valence-electron chi connectivity index (χ2n) is 3.56. The van der Waals surface area contributed by atoms with Gasteiger partial charge < -0.3 is 4.74 Å². The van der Waals surface area contributed by atoms with E-state index in [1.165, 1.54) is 0 Å². The molecule has 0 bridgehead atoms. The third-order valence-electron chi connectivity index (χ3n) is 2.33. The highest BCUT2D eigenvalue weighted by Gasteiger charge is 2.08. The molecule has 0 aliphatic rings. The van der Waals surface area contributed by atoms with Crippen LogP contribution in [0.2, 0.25) is 15.1 Å². The summed E-state index contributed by atoms with van der Waals surface area (Å²) in [6.07, 6.45) is 0. The van der Waals surface area contributed by atoms with E-state index in [1.54, 1.807) is 30.3 Å². The summed E-state index contributed by atoms with van der Waals surface area (Å²) in [6, 6.07) is 10.7. The van der Waals surface area contributed by atoms with Crippen molar-refractivity contribution in [1.29, 1.82) is 0 Å². The summed E-state index contributed by atoms with van der Waals surface area (Å²) in [7, 11) is 0. The molecule has 0 aliphatic heterocycles. The summed E-state index contributed by atoms with van der Waals surface area (Å²) in [4.78, 5) is 0. The first-order chi connectivity index (χ1) is 8.58. The van der Waals surface area contributed by atoms with Crippen LogP contribution in [0.4, 0.5) is 0 Å². The predicted molar refractivity (Wildman–Crippen MR) is 79.9 cm³/mol. The number of hydrogen-bond acceptors (Lipinski definition) is 1. The molecule has 0 aliphatic carbocycles. The van der Waals surface area contributed by atoms with Gasteiger partial charge >= 0.3 is 0 Å². The van der Waals surface area contributed by atoms with Crippen molar-refractivity contribution in [1.82, 2.24) is 0 Å². The number of halogens is 4. The van der Waals surface area contributed by atoms with Gasteiger partial charge in [-0.15, -0.1) is 0 Å². The maximum Gasteiger partial charge on any atom is 0.139 e. The first-order valence-electron chi connectivity index (χ1n) is 5.08. The Morgan fingerprint density at radius 3 is 2.28 bits per heavy atom. The SMILES string of the molecule is Clc1ccc(Br)cc1OCc1c(Cl)cccc1Cl. The first-order valence-corrected chi connectivity index (χ1v) is 7.01. The number of hydrogen-bond donors (Lipinski definition) is 0. The Kier molecular flexibility index (Phi) is 4.79. The van der Waals surface area contributed by atoms with Crippen LogP contribution in [0.3, 0.4) is 0 Å². The lowest BCUT2D eigenvalue weighted by Gasteiger charge is -2.11. The van der Waals surface area contributed by atoms with Crippen LogP contribution < -0.4 is 4.74 Å². The van der Waals surface area contributed by atoms with Gasteiger partial charge in [-0.1, -0.05) is 56.8 Å². The molecule has 2 aromatic rings.